The first-order valence-corrected chi connectivity index (χ1v) is 5.87. The van der Waals surface area contributed by atoms with Crippen molar-refractivity contribution in [2.24, 2.45) is 5.73 Å². The van der Waals surface area contributed by atoms with Crippen LogP contribution < -0.4 is 5.73 Å². The first-order chi connectivity index (χ1) is 7.66. The zero-order chi connectivity index (χ0) is 12.0. The van der Waals surface area contributed by atoms with Gasteiger partial charge in [0, 0.05) is 13.1 Å². The van der Waals surface area contributed by atoms with E-state index in [0.29, 0.717) is 13.1 Å². The minimum Gasteiger partial charge on any atom is -0.464 e. The van der Waals surface area contributed by atoms with Gasteiger partial charge in [0.1, 0.15) is 0 Å². The molecule has 1 amide bonds. The summed E-state index contributed by atoms with van der Waals surface area (Å²) in [5.74, 6) is -0.933. The summed E-state index contributed by atoms with van der Waals surface area (Å²) < 4.78 is 4.74. The molecular weight excluding hydrogens is 208 g/mol. The second-order valence-corrected chi connectivity index (χ2v) is 3.97. The molecule has 1 rings (SSSR count). The number of hydrogen-bond donors (Lipinski definition) is 1. The molecule has 0 radical (unpaired) electrons. The molecule has 0 aromatic heterocycles. The number of rotatable bonds is 3. The molecule has 5 nitrogen and oxygen atoms in total. The minimum atomic E-state index is -1.15. The molecule has 0 saturated carbocycles. The fraction of sp³-hybridized carbons (Fsp3) is 0.818. The van der Waals surface area contributed by atoms with Crippen LogP contribution in [0.2, 0.25) is 0 Å². The van der Waals surface area contributed by atoms with Gasteiger partial charge in [-0.15, -0.1) is 0 Å². The van der Waals surface area contributed by atoms with Crippen molar-refractivity contribution < 1.29 is 14.3 Å². The van der Waals surface area contributed by atoms with Crippen LogP contribution in [0.3, 0.4) is 0 Å². The zero-order valence-electron chi connectivity index (χ0n) is 9.78. The average Bonchev–Trinajstić information content (AvgIpc) is 2.56. The Morgan fingerprint density at radius 3 is 2.31 bits per heavy atom. The van der Waals surface area contributed by atoms with E-state index >= 15 is 0 Å². The van der Waals surface area contributed by atoms with Gasteiger partial charge in [0.2, 0.25) is 0 Å². The Bertz CT molecular complexity index is 248. The Kier molecular flexibility index (Phi) is 5.25. The van der Waals surface area contributed by atoms with E-state index in [0.717, 1.165) is 25.7 Å². The summed E-state index contributed by atoms with van der Waals surface area (Å²) in [4.78, 5) is 24.9. The van der Waals surface area contributed by atoms with E-state index in [-0.39, 0.29) is 12.5 Å². The highest BCUT2D eigenvalue weighted by Gasteiger charge is 2.28. The Labute approximate surface area is 95.9 Å². The van der Waals surface area contributed by atoms with Gasteiger partial charge >= 0.3 is 5.97 Å². The Balaban J connectivity index is 2.50. The van der Waals surface area contributed by atoms with Gasteiger partial charge in [-0.25, -0.2) is 4.79 Å². The maximum Gasteiger partial charge on any atom is 0.332 e. The van der Waals surface area contributed by atoms with Gasteiger partial charge in [-0.05, 0) is 19.8 Å². The third kappa shape index (κ3) is 3.48. The van der Waals surface area contributed by atoms with Crippen molar-refractivity contribution in [1.82, 2.24) is 4.90 Å². The Morgan fingerprint density at radius 2 is 1.81 bits per heavy atom. The highest BCUT2D eigenvalue weighted by molar-refractivity contribution is 6.01. The molecule has 1 heterocycles. The predicted octanol–water partition coefficient (Wildman–Crippen LogP) is 0.279. The van der Waals surface area contributed by atoms with E-state index in [1.807, 2.05) is 0 Å². The summed E-state index contributed by atoms with van der Waals surface area (Å²) in [6.45, 7) is 3.35. The standard InChI is InChI=1S/C11H20N2O3/c1-2-16-11(15)9(12)10(14)13-7-5-3-4-6-8-13/h9H,2-8,12H2,1H3. The lowest BCUT2D eigenvalue weighted by molar-refractivity contribution is -0.150. The van der Waals surface area contributed by atoms with Gasteiger partial charge in [-0.2, -0.15) is 0 Å². The SMILES string of the molecule is CCOC(=O)C(N)C(=O)N1CCCCCC1. The van der Waals surface area contributed by atoms with Gasteiger partial charge < -0.3 is 15.4 Å². The molecule has 0 spiro atoms. The molecule has 92 valence electrons. The molecule has 0 aliphatic carbocycles. The molecule has 5 heteroatoms. The number of hydrogen-bond acceptors (Lipinski definition) is 4. The average molecular weight is 228 g/mol. The fourth-order valence-corrected chi connectivity index (χ4v) is 1.82. The zero-order valence-corrected chi connectivity index (χ0v) is 9.78. The van der Waals surface area contributed by atoms with Gasteiger partial charge in [0.25, 0.3) is 5.91 Å². The fourth-order valence-electron chi connectivity index (χ4n) is 1.82. The van der Waals surface area contributed by atoms with Gasteiger partial charge in [0.15, 0.2) is 6.04 Å². The molecule has 16 heavy (non-hydrogen) atoms. The van der Waals surface area contributed by atoms with Crippen LogP contribution in [0.15, 0.2) is 0 Å². The van der Waals surface area contributed by atoms with Crippen molar-refractivity contribution in [3.8, 4) is 0 Å². The quantitative estimate of drug-likeness (QED) is 0.556. The second kappa shape index (κ2) is 6.48. The van der Waals surface area contributed by atoms with Crippen LogP contribution in [0.25, 0.3) is 0 Å². The van der Waals surface area contributed by atoms with Crippen LogP contribution in [0.5, 0.6) is 0 Å². The van der Waals surface area contributed by atoms with Crippen molar-refractivity contribution in [3.63, 3.8) is 0 Å². The normalized spacial score (nSPS) is 18.8. The number of ether oxygens (including phenoxy) is 1. The summed E-state index contributed by atoms with van der Waals surface area (Å²) in [7, 11) is 0. The van der Waals surface area contributed by atoms with Crippen molar-refractivity contribution in [2.45, 2.75) is 38.6 Å². The van der Waals surface area contributed by atoms with Gasteiger partial charge in [0.05, 0.1) is 6.61 Å². The van der Waals surface area contributed by atoms with Crippen LogP contribution in [0, 0.1) is 0 Å². The number of carbonyl (C=O) groups is 2. The molecule has 0 bridgehead atoms. The van der Waals surface area contributed by atoms with Crippen LogP contribution >= 0.6 is 0 Å². The number of likely N-dealkylation sites (tertiary alicyclic amines) is 1. The first kappa shape index (κ1) is 13.0. The molecule has 1 saturated heterocycles. The number of amides is 1. The third-order valence-electron chi connectivity index (χ3n) is 2.72. The van der Waals surface area contributed by atoms with E-state index in [2.05, 4.69) is 0 Å². The molecule has 0 aromatic carbocycles. The van der Waals surface area contributed by atoms with Gasteiger partial charge in [-0.3, -0.25) is 4.79 Å². The Hall–Kier alpha value is -1.10. The number of esters is 1. The van der Waals surface area contributed by atoms with E-state index < -0.39 is 12.0 Å². The third-order valence-corrected chi connectivity index (χ3v) is 2.72. The van der Waals surface area contributed by atoms with Crippen molar-refractivity contribution in [3.05, 3.63) is 0 Å². The lowest BCUT2D eigenvalue weighted by Gasteiger charge is -2.22. The summed E-state index contributed by atoms with van der Waals surface area (Å²) >= 11 is 0. The van der Waals surface area contributed by atoms with Crippen LogP contribution in [-0.2, 0) is 14.3 Å². The molecule has 1 aliphatic rings. The predicted molar refractivity (Wildman–Crippen MR) is 59.7 cm³/mol. The van der Waals surface area contributed by atoms with E-state index in [1.165, 1.54) is 0 Å². The molecule has 1 aliphatic heterocycles. The summed E-state index contributed by atoms with van der Waals surface area (Å²) in [6, 6.07) is -1.15. The highest BCUT2D eigenvalue weighted by Crippen LogP contribution is 2.10. The molecule has 1 unspecified atom stereocenters. The van der Waals surface area contributed by atoms with Crippen LogP contribution in [0.4, 0.5) is 0 Å². The molecule has 0 aromatic rings. The second-order valence-electron chi connectivity index (χ2n) is 3.97. The highest BCUT2D eigenvalue weighted by atomic mass is 16.5. The Morgan fingerprint density at radius 1 is 1.25 bits per heavy atom. The summed E-state index contributed by atoms with van der Waals surface area (Å²) in [5.41, 5.74) is 5.56. The maximum atomic E-state index is 11.9. The van der Waals surface area contributed by atoms with Crippen molar-refractivity contribution in [1.29, 1.82) is 0 Å². The van der Waals surface area contributed by atoms with E-state index in [4.69, 9.17) is 10.5 Å². The summed E-state index contributed by atoms with van der Waals surface area (Å²) in [5, 5.41) is 0. The monoisotopic (exact) mass is 228 g/mol. The van der Waals surface area contributed by atoms with Crippen molar-refractivity contribution in [2.75, 3.05) is 19.7 Å². The van der Waals surface area contributed by atoms with Gasteiger partial charge in [-0.1, -0.05) is 12.8 Å². The van der Waals surface area contributed by atoms with Crippen LogP contribution in [-0.4, -0.2) is 42.5 Å². The maximum absolute atomic E-state index is 11.9. The number of nitrogens with two attached hydrogens (primary N) is 1. The molecule has 2 N–H and O–H groups in total. The first-order valence-electron chi connectivity index (χ1n) is 5.87. The largest absolute Gasteiger partial charge is 0.464 e. The lowest BCUT2D eigenvalue weighted by Crippen LogP contribution is -2.49. The van der Waals surface area contributed by atoms with Crippen molar-refractivity contribution >= 4 is 11.9 Å². The molecule has 1 atom stereocenters. The van der Waals surface area contributed by atoms with E-state index in [9.17, 15) is 9.59 Å². The smallest absolute Gasteiger partial charge is 0.332 e. The minimum absolute atomic E-state index is 0.250. The topological polar surface area (TPSA) is 72.6 Å². The lowest BCUT2D eigenvalue weighted by atomic mass is 10.2. The van der Waals surface area contributed by atoms with E-state index in [1.54, 1.807) is 11.8 Å². The molecule has 1 fully saturated rings. The number of carbonyl (C=O) groups excluding carboxylic acids is 2. The molecular formula is C11H20N2O3. The summed E-state index contributed by atoms with van der Waals surface area (Å²) in [6.07, 6.45) is 4.25. The number of nitrogens with zero attached hydrogens (tertiary/aromatic N) is 1. The van der Waals surface area contributed by atoms with Crippen LogP contribution in [0.1, 0.15) is 32.6 Å².